The van der Waals surface area contributed by atoms with Gasteiger partial charge in [0.2, 0.25) is 0 Å². The number of aromatic nitrogens is 1. The molecule has 0 aliphatic heterocycles. The lowest BCUT2D eigenvalue weighted by Gasteiger charge is -2.10. The number of halogens is 1. The van der Waals surface area contributed by atoms with Crippen LogP contribution in [0.5, 0.6) is 11.5 Å². The van der Waals surface area contributed by atoms with Gasteiger partial charge in [0.05, 0.1) is 24.4 Å². The second-order valence-electron chi connectivity index (χ2n) is 5.14. The van der Waals surface area contributed by atoms with Gasteiger partial charge in [-0.05, 0) is 42.5 Å². The van der Waals surface area contributed by atoms with Crippen molar-refractivity contribution in [1.29, 1.82) is 0 Å². The third-order valence-corrected chi connectivity index (χ3v) is 5.04. The highest BCUT2D eigenvalue weighted by Gasteiger charge is 2.13. The first kappa shape index (κ1) is 18.6. The molecule has 6 nitrogen and oxygen atoms in total. The standard InChI is InChI=1S/C17H14BrN3O3S2/c1-23-11-5-9(6-12(8-11)24-2)15(22)20-16(25)21-17-19-13-4-3-10(18)7-14(13)26-17/h3-8H,1-2H3,(H2,19,20,21,22,25). The topological polar surface area (TPSA) is 72.5 Å². The lowest BCUT2D eigenvalue weighted by atomic mass is 10.2. The van der Waals surface area contributed by atoms with E-state index in [2.05, 4.69) is 31.5 Å². The van der Waals surface area contributed by atoms with Crippen LogP contribution in [0.25, 0.3) is 10.2 Å². The zero-order valence-corrected chi connectivity index (χ0v) is 17.0. The molecule has 2 aromatic carbocycles. The van der Waals surface area contributed by atoms with Crippen LogP contribution in [-0.2, 0) is 0 Å². The maximum Gasteiger partial charge on any atom is 0.257 e. The molecule has 0 unspecified atom stereocenters. The molecule has 2 N–H and O–H groups in total. The molecule has 0 fully saturated rings. The summed E-state index contributed by atoms with van der Waals surface area (Å²) in [6.07, 6.45) is 0. The number of methoxy groups -OCH3 is 2. The monoisotopic (exact) mass is 451 g/mol. The first-order chi connectivity index (χ1) is 12.5. The van der Waals surface area contributed by atoms with E-state index >= 15 is 0 Å². The highest BCUT2D eigenvalue weighted by Crippen LogP contribution is 2.28. The highest BCUT2D eigenvalue weighted by molar-refractivity contribution is 9.10. The maximum absolute atomic E-state index is 12.4. The summed E-state index contributed by atoms with van der Waals surface area (Å²) in [5, 5.41) is 6.33. The maximum atomic E-state index is 12.4. The molecule has 0 saturated heterocycles. The van der Waals surface area contributed by atoms with Crippen LogP contribution in [0.3, 0.4) is 0 Å². The first-order valence-corrected chi connectivity index (χ1v) is 9.42. The van der Waals surface area contributed by atoms with Crippen molar-refractivity contribution in [3.63, 3.8) is 0 Å². The largest absolute Gasteiger partial charge is 0.497 e. The Bertz CT molecular complexity index is 968. The fraction of sp³-hybridized carbons (Fsp3) is 0.118. The minimum absolute atomic E-state index is 0.162. The molecule has 0 spiro atoms. The Labute approximate surface area is 167 Å². The molecule has 1 heterocycles. The van der Waals surface area contributed by atoms with E-state index in [-0.39, 0.29) is 11.0 Å². The van der Waals surface area contributed by atoms with E-state index in [9.17, 15) is 4.79 Å². The van der Waals surface area contributed by atoms with Crippen molar-refractivity contribution < 1.29 is 14.3 Å². The number of fused-ring (bicyclic) bond motifs is 1. The Morgan fingerprint density at radius 2 is 1.85 bits per heavy atom. The number of hydrogen-bond acceptors (Lipinski definition) is 6. The summed E-state index contributed by atoms with van der Waals surface area (Å²) in [4.78, 5) is 16.9. The average Bonchev–Trinajstić information content (AvgIpc) is 3.02. The number of rotatable bonds is 4. The molecule has 26 heavy (non-hydrogen) atoms. The number of amides is 1. The number of nitrogens with one attached hydrogen (secondary N) is 2. The minimum atomic E-state index is -0.372. The van der Waals surface area contributed by atoms with E-state index in [1.54, 1.807) is 18.2 Å². The molecule has 0 aliphatic rings. The van der Waals surface area contributed by atoms with Crippen molar-refractivity contribution in [2.45, 2.75) is 0 Å². The second-order valence-corrected chi connectivity index (χ2v) is 7.50. The van der Waals surface area contributed by atoms with Crippen molar-refractivity contribution in [2.24, 2.45) is 0 Å². The Morgan fingerprint density at radius 3 is 2.50 bits per heavy atom. The van der Waals surface area contributed by atoms with E-state index < -0.39 is 0 Å². The van der Waals surface area contributed by atoms with Crippen molar-refractivity contribution in [3.8, 4) is 11.5 Å². The third kappa shape index (κ3) is 4.29. The van der Waals surface area contributed by atoms with Crippen molar-refractivity contribution in [2.75, 3.05) is 19.5 Å². The second kappa shape index (κ2) is 7.98. The van der Waals surface area contributed by atoms with Gasteiger partial charge in [0.1, 0.15) is 11.5 Å². The Kier molecular flexibility index (Phi) is 5.70. The normalized spacial score (nSPS) is 10.4. The summed E-state index contributed by atoms with van der Waals surface area (Å²) >= 11 is 10.1. The van der Waals surface area contributed by atoms with Crippen LogP contribution >= 0.6 is 39.5 Å². The van der Waals surface area contributed by atoms with Gasteiger partial charge in [0.15, 0.2) is 10.2 Å². The Morgan fingerprint density at radius 1 is 1.15 bits per heavy atom. The van der Waals surface area contributed by atoms with Gasteiger partial charge < -0.3 is 14.8 Å². The van der Waals surface area contributed by atoms with Crippen LogP contribution < -0.4 is 20.1 Å². The number of hydrogen-bond donors (Lipinski definition) is 2. The number of thiazole rings is 1. The molecule has 0 radical (unpaired) electrons. The average molecular weight is 452 g/mol. The van der Waals surface area contributed by atoms with Crippen LogP contribution in [0.1, 0.15) is 10.4 Å². The number of carbonyl (C=O) groups is 1. The van der Waals surface area contributed by atoms with Crippen molar-refractivity contribution in [3.05, 3.63) is 46.4 Å². The fourth-order valence-electron chi connectivity index (χ4n) is 2.19. The third-order valence-electron chi connectivity index (χ3n) is 3.41. The number of anilines is 1. The SMILES string of the molecule is COc1cc(OC)cc(C(=O)NC(=S)Nc2nc3ccc(Br)cc3s2)c1. The molecule has 9 heteroatoms. The highest BCUT2D eigenvalue weighted by atomic mass is 79.9. The van der Waals surface area contributed by atoms with Crippen molar-refractivity contribution in [1.82, 2.24) is 10.3 Å². The first-order valence-electron chi connectivity index (χ1n) is 7.40. The van der Waals surface area contributed by atoms with E-state index in [0.717, 1.165) is 14.7 Å². The number of thiocarbonyl (C=S) groups is 1. The molecule has 1 amide bonds. The summed E-state index contributed by atoms with van der Waals surface area (Å²) in [6, 6.07) is 10.7. The quantitative estimate of drug-likeness (QED) is 0.579. The van der Waals surface area contributed by atoms with Crippen LogP contribution in [0.4, 0.5) is 5.13 Å². The smallest absolute Gasteiger partial charge is 0.257 e. The Balaban J connectivity index is 1.71. The van der Waals surface area contributed by atoms with Crippen LogP contribution in [0.2, 0.25) is 0 Å². The van der Waals surface area contributed by atoms with Gasteiger partial charge in [-0.1, -0.05) is 27.3 Å². The van der Waals surface area contributed by atoms with Crippen molar-refractivity contribution >= 4 is 65.9 Å². The molecule has 134 valence electrons. The van der Waals surface area contributed by atoms with Gasteiger partial charge in [-0.2, -0.15) is 0 Å². The van der Waals surface area contributed by atoms with Crippen LogP contribution in [0, 0.1) is 0 Å². The predicted molar refractivity (Wildman–Crippen MR) is 111 cm³/mol. The number of ether oxygens (including phenoxy) is 2. The summed E-state index contributed by atoms with van der Waals surface area (Å²) in [6.45, 7) is 0. The van der Waals surface area contributed by atoms with Gasteiger partial charge in [0.25, 0.3) is 5.91 Å². The van der Waals surface area contributed by atoms with E-state index in [1.165, 1.54) is 25.6 Å². The van der Waals surface area contributed by atoms with E-state index in [4.69, 9.17) is 21.7 Å². The van der Waals surface area contributed by atoms with E-state index in [0.29, 0.717) is 22.2 Å². The summed E-state index contributed by atoms with van der Waals surface area (Å²) in [5.74, 6) is 0.666. The fourth-order valence-corrected chi connectivity index (χ4v) is 3.87. The lowest BCUT2D eigenvalue weighted by molar-refractivity contribution is 0.0977. The number of nitrogens with zero attached hydrogens (tertiary/aromatic N) is 1. The number of carbonyl (C=O) groups excluding carboxylic acids is 1. The van der Waals surface area contributed by atoms with Gasteiger partial charge in [0, 0.05) is 16.1 Å². The molecule has 3 rings (SSSR count). The van der Waals surface area contributed by atoms with Crippen LogP contribution in [0.15, 0.2) is 40.9 Å². The molecule has 0 saturated carbocycles. The molecule has 1 aromatic heterocycles. The molecule has 0 bridgehead atoms. The molecule has 0 atom stereocenters. The number of benzene rings is 2. The minimum Gasteiger partial charge on any atom is -0.497 e. The lowest BCUT2D eigenvalue weighted by Crippen LogP contribution is -2.34. The zero-order chi connectivity index (χ0) is 18.7. The van der Waals surface area contributed by atoms with Crippen LogP contribution in [-0.4, -0.2) is 30.2 Å². The molecule has 0 aliphatic carbocycles. The predicted octanol–water partition coefficient (Wildman–Crippen LogP) is 4.20. The van der Waals surface area contributed by atoms with Gasteiger partial charge in [-0.25, -0.2) is 4.98 Å². The van der Waals surface area contributed by atoms with Gasteiger partial charge >= 0.3 is 0 Å². The summed E-state index contributed by atoms with van der Waals surface area (Å²) in [7, 11) is 3.04. The Hall–Kier alpha value is -2.23. The van der Waals surface area contributed by atoms with Gasteiger partial charge in [-0.3, -0.25) is 10.1 Å². The van der Waals surface area contributed by atoms with Gasteiger partial charge in [-0.15, -0.1) is 0 Å². The summed E-state index contributed by atoms with van der Waals surface area (Å²) < 4.78 is 12.3. The molecular weight excluding hydrogens is 438 g/mol. The van der Waals surface area contributed by atoms with E-state index in [1.807, 2.05) is 18.2 Å². The molecular formula is C17H14BrN3O3S2. The zero-order valence-electron chi connectivity index (χ0n) is 13.8. The summed E-state index contributed by atoms with van der Waals surface area (Å²) in [5.41, 5.74) is 1.23. The molecule has 3 aromatic rings.